The van der Waals surface area contributed by atoms with Crippen LogP contribution in [0.2, 0.25) is 0 Å². The van der Waals surface area contributed by atoms with E-state index in [4.69, 9.17) is 4.55 Å². The van der Waals surface area contributed by atoms with E-state index in [0.29, 0.717) is 5.57 Å². The van der Waals surface area contributed by atoms with Gasteiger partial charge in [0, 0.05) is 19.7 Å². The first-order chi connectivity index (χ1) is 7.10. The lowest BCUT2D eigenvalue weighted by Gasteiger charge is -2.08. The smallest absolute Gasteiger partial charge is 0.365 e. The average molecular weight is 255 g/mol. The van der Waals surface area contributed by atoms with E-state index in [1.165, 1.54) is 12.0 Å². The molecule has 0 aliphatic carbocycles. The van der Waals surface area contributed by atoms with Crippen LogP contribution in [0.1, 0.15) is 13.8 Å². The fourth-order valence-electron chi connectivity index (χ4n) is 0.393. The molecule has 0 amide bonds. The third kappa shape index (κ3) is 15.5. The highest BCUT2D eigenvalue weighted by atomic mass is 32.3. The molecule has 1 N–H and O–H groups in total. The zero-order valence-electron chi connectivity index (χ0n) is 9.76. The van der Waals surface area contributed by atoms with Crippen molar-refractivity contribution in [1.82, 2.24) is 5.06 Å². The molecule has 0 radical (unpaired) electrons. The van der Waals surface area contributed by atoms with Crippen LogP contribution in [0, 0.1) is 0 Å². The third-order valence-electron chi connectivity index (χ3n) is 0.881. The second kappa shape index (κ2) is 8.22. The van der Waals surface area contributed by atoms with Gasteiger partial charge in [-0.1, -0.05) is 6.58 Å². The molecule has 0 aliphatic rings. The molecule has 0 aromatic rings. The highest BCUT2D eigenvalue weighted by molar-refractivity contribution is 7.80. The summed E-state index contributed by atoms with van der Waals surface area (Å²) in [5.41, 5.74) is 0.406. The minimum Gasteiger partial charge on any atom is -0.365 e. The molecule has 0 heterocycles. The van der Waals surface area contributed by atoms with E-state index >= 15 is 0 Å². The van der Waals surface area contributed by atoms with Gasteiger partial charge in [-0.3, -0.25) is 4.55 Å². The molecule has 0 aliphatic heterocycles. The quantitative estimate of drug-likeness (QED) is 0.441. The lowest BCUT2D eigenvalue weighted by molar-refractivity contribution is -0.172. The first-order valence-corrected chi connectivity index (χ1v) is 5.63. The fourth-order valence-corrected chi connectivity index (χ4v) is 0.691. The molecule has 0 spiro atoms. The van der Waals surface area contributed by atoms with E-state index in [9.17, 15) is 13.2 Å². The number of carbonyl (C=O) groups is 1. The van der Waals surface area contributed by atoms with Crippen molar-refractivity contribution < 1.29 is 26.8 Å². The largest absolute Gasteiger partial charge is 0.397 e. The SMILES string of the molecule is C=C(C)C(=O)ON(C)C.CCOS(=O)(=O)O. The predicted octanol–water partition coefficient (Wildman–Crippen LogP) is 0.408. The zero-order chi connectivity index (χ0) is 13.4. The number of rotatable bonds is 4. The lowest BCUT2D eigenvalue weighted by atomic mass is 10.4. The summed E-state index contributed by atoms with van der Waals surface area (Å²) < 4.78 is 30.7. The molecule has 0 bridgehead atoms. The van der Waals surface area contributed by atoms with Crippen molar-refractivity contribution in [2.75, 3.05) is 20.7 Å². The minimum absolute atomic E-state index is 0.0289. The number of hydrogen-bond donors (Lipinski definition) is 1. The van der Waals surface area contributed by atoms with Crippen molar-refractivity contribution >= 4 is 16.4 Å². The molecule has 0 unspecified atom stereocenters. The molecule has 96 valence electrons. The van der Waals surface area contributed by atoms with Crippen LogP contribution in [0.4, 0.5) is 0 Å². The van der Waals surface area contributed by atoms with Crippen molar-refractivity contribution in [3.05, 3.63) is 12.2 Å². The van der Waals surface area contributed by atoms with Crippen molar-refractivity contribution in [2.24, 2.45) is 0 Å². The van der Waals surface area contributed by atoms with Crippen molar-refractivity contribution in [1.29, 1.82) is 0 Å². The van der Waals surface area contributed by atoms with Crippen LogP contribution in [-0.4, -0.2) is 44.7 Å². The van der Waals surface area contributed by atoms with Gasteiger partial charge in [0.25, 0.3) is 0 Å². The maximum Gasteiger partial charge on any atom is 0.397 e. The van der Waals surface area contributed by atoms with E-state index < -0.39 is 10.4 Å². The predicted molar refractivity (Wildman–Crippen MR) is 57.8 cm³/mol. The number of nitrogens with zero attached hydrogens (tertiary/aromatic N) is 1. The van der Waals surface area contributed by atoms with Gasteiger partial charge >= 0.3 is 16.4 Å². The van der Waals surface area contributed by atoms with Crippen molar-refractivity contribution in [2.45, 2.75) is 13.8 Å². The Bertz CT molecular complexity index is 321. The summed E-state index contributed by atoms with van der Waals surface area (Å²) in [5, 5.41) is 1.33. The van der Waals surface area contributed by atoms with Crippen LogP contribution in [0.25, 0.3) is 0 Å². The van der Waals surface area contributed by atoms with Gasteiger partial charge in [-0.2, -0.15) is 8.42 Å². The van der Waals surface area contributed by atoms with Gasteiger partial charge in [0.15, 0.2) is 0 Å². The van der Waals surface area contributed by atoms with Crippen LogP contribution < -0.4 is 0 Å². The Morgan fingerprint density at radius 2 is 1.88 bits per heavy atom. The van der Waals surface area contributed by atoms with Crippen molar-refractivity contribution in [3.63, 3.8) is 0 Å². The summed E-state index contributed by atoms with van der Waals surface area (Å²) in [5.74, 6) is -0.389. The van der Waals surface area contributed by atoms with Gasteiger partial charge < -0.3 is 4.84 Å². The number of carbonyl (C=O) groups excluding carboxylic acids is 1. The summed E-state index contributed by atoms with van der Waals surface area (Å²) in [6, 6.07) is 0. The standard InChI is InChI=1S/C6H11NO2.C2H6O4S/c1-5(2)6(8)9-7(3)4;1-2-6-7(3,4)5/h1H2,2-4H3;2H2,1H3,(H,3,4,5). The van der Waals surface area contributed by atoms with Crippen molar-refractivity contribution in [3.8, 4) is 0 Å². The number of hydroxylamine groups is 2. The topological polar surface area (TPSA) is 93.1 Å². The molecule has 0 saturated heterocycles. The molecule has 0 aromatic heterocycles. The Labute approximate surface area is 95.6 Å². The van der Waals surface area contributed by atoms with Crippen LogP contribution in [0.3, 0.4) is 0 Å². The second-order valence-electron chi connectivity index (χ2n) is 2.81. The Balaban J connectivity index is 0. The molecule has 0 rings (SSSR count). The molecule has 16 heavy (non-hydrogen) atoms. The molecule has 0 saturated carbocycles. The summed E-state index contributed by atoms with van der Waals surface area (Å²) in [6.45, 7) is 6.45. The Kier molecular flexibility index (Phi) is 8.96. The summed E-state index contributed by atoms with van der Waals surface area (Å²) >= 11 is 0. The third-order valence-corrected chi connectivity index (χ3v) is 1.41. The normalized spacial score (nSPS) is 10.4. The van der Waals surface area contributed by atoms with E-state index in [2.05, 4.69) is 15.6 Å². The maximum absolute atomic E-state index is 10.6. The van der Waals surface area contributed by atoms with Crippen LogP contribution in [0.5, 0.6) is 0 Å². The molecule has 0 aromatic carbocycles. The van der Waals surface area contributed by atoms with Crippen LogP contribution in [-0.2, 0) is 24.2 Å². The van der Waals surface area contributed by atoms with Crippen LogP contribution in [0.15, 0.2) is 12.2 Å². The van der Waals surface area contributed by atoms with Gasteiger partial charge in [-0.15, -0.1) is 5.06 Å². The minimum atomic E-state index is -4.17. The van der Waals surface area contributed by atoms with Gasteiger partial charge in [0.05, 0.1) is 6.61 Å². The summed E-state index contributed by atoms with van der Waals surface area (Å²) in [7, 11) is -0.895. The maximum atomic E-state index is 10.6. The Morgan fingerprint density at radius 1 is 1.44 bits per heavy atom. The summed E-state index contributed by atoms with van der Waals surface area (Å²) in [4.78, 5) is 15.2. The lowest BCUT2D eigenvalue weighted by Crippen LogP contribution is -2.18. The second-order valence-corrected chi connectivity index (χ2v) is 3.90. The average Bonchev–Trinajstić information content (AvgIpc) is 2.01. The molecule has 7 nitrogen and oxygen atoms in total. The fraction of sp³-hybridized carbons (Fsp3) is 0.625. The van der Waals surface area contributed by atoms with Gasteiger partial charge in [0.2, 0.25) is 0 Å². The number of hydrogen-bond acceptors (Lipinski definition) is 6. The highest BCUT2D eigenvalue weighted by Crippen LogP contribution is 1.91. The molecular weight excluding hydrogens is 238 g/mol. The molecular formula is C8H17NO6S. The Hall–Kier alpha value is -0.960. The highest BCUT2D eigenvalue weighted by Gasteiger charge is 2.02. The van der Waals surface area contributed by atoms with E-state index in [0.717, 1.165) is 0 Å². The zero-order valence-corrected chi connectivity index (χ0v) is 10.6. The van der Waals surface area contributed by atoms with E-state index in [1.54, 1.807) is 21.0 Å². The monoisotopic (exact) mass is 255 g/mol. The van der Waals surface area contributed by atoms with Crippen LogP contribution >= 0.6 is 0 Å². The molecule has 8 heteroatoms. The van der Waals surface area contributed by atoms with E-state index in [-0.39, 0.29) is 12.6 Å². The van der Waals surface area contributed by atoms with Gasteiger partial charge in [-0.05, 0) is 13.8 Å². The first-order valence-electron chi connectivity index (χ1n) is 4.27. The molecule has 0 fully saturated rings. The van der Waals surface area contributed by atoms with E-state index in [1.807, 2.05) is 0 Å². The molecule has 0 atom stereocenters. The first kappa shape index (κ1) is 17.4. The van der Waals surface area contributed by atoms with Gasteiger partial charge in [-0.25, -0.2) is 8.98 Å². The van der Waals surface area contributed by atoms with Gasteiger partial charge in [0.1, 0.15) is 0 Å². The summed E-state index contributed by atoms with van der Waals surface area (Å²) in [6.07, 6.45) is 0. The Morgan fingerprint density at radius 3 is 1.94 bits per heavy atom.